The maximum atomic E-state index is 11.7. The van der Waals surface area contributed by atoms with Gasteiger partial charge in [0.15, 0.2) is 4.47 Å². The highest BCUT2D eigenvalue weighted by Gasteiger charge is 2.16. The van der Waals surface area contributed by atoms with Gasteiger partial charge in [-0.2, -0.15) is 0 Å². The summed E-state index contributed by atoms with van der Waals surface area (Å²) in [4.78, 5) is 13.4. The first-order valence-electron chi connectivity index (χ1n) is 3.14. The van der Waals surface area contributed by atoms with Crippen LogP contribution < -0.4 is 4.74 Å². The number of hydrogen-bond donors (Lipinski definition) is 0. The van der Waals surface area contributed by atoms with Gasteiger partial charge >= 0.3 is 0 Å². The van der Waals surface area contributed by atoms with Crippen molar-refractivity contribution < 1.29 is 14.1 Å². The van der Waals surface area contributed by atoms with Gasteiger partial charge in [0, 0.05) is 12.3 Å². The summed E-state index contributed by atoms with van der Waals surface area (Å²) in [5.74, 6) is -0.128. The minimum atomic E-state index is -1.08. The lowest BCUT2D eigenvalue weighted by Crippen LogP contribution is -1.97. The number of rotatable bonds is 3. The largest absolute Gasteiger partial charge is 0.445 e. The highest BCUT2D eigenvalue weighted by molar-refractivity contribution is 9.10. The van der Waals surface area contributed by atoms with E-state index < -0.39 is 11.8 Å². The number of hydrogen-bond acceptors (Lipinski definition) is 4. The zero-order valence-electron chi connectivity index (χ0n) is 6.24. The molecule has 0 saturated carbocycles. The highest BCUT2D eigenvalue weighted by atomic mass is 79.9. The Balaban J connectivity index is 3.10. The number of ether oxygens (including phenoxy) is 1. The van der Waals surface area contributed by atoms with Crippen LogP contribution in [-0.2, 0) is 0 Å². The van der Waals surface area contributed by atoms with Gasteiger partial charge < -0.3 is 4.74 Å². The zero-order valence-corrected chi connectivity index (χ0v) is 7.82. The average molecular weight is 251 g/mol. The number of halogens is 2. The molecule has 1 aromatic rings. The van der Waals surface area contributed by atoms with E-state index in [0.29, 0.717) is 0 Å². The molecule has 0 aliphatic rings. The molecule has 1 heterocycles. The highest BCUT2D eigenvalue weighted by Crippen LogP contribution is 2.31. The summed E-state index contributed by atoms with van der Waals surface area (Å²) in [6.45, 7) is -1.08. The van der Waals surface area contributed by atoms with Crippen molar-refractivity contribution in [2.45, 2.75) is 0 Å². The second-order valence-electron chi connectivity index (χ2n) is 1.96. The van der Waals surface area contributed by atoms with E-state index in [1.165, 1.54) is 12.3 Å². The molecule has 0 bridgehead atoms. The molecule has 0 fully saturated rings. The molecule has 1 rings (SSSR count). The third-order valence-corrected chi connectivity index (χ3v) is 1.97. The lowest BCUT2D eigenvalue weighted by molar-refractivity contribution is -0.385. The van der Waals surface area contributed by atoms with Crippen LogP contribution in [0.25, 0.3) is 0 Å². The van der Waals surface area contributed by atoms with Crippen molar-refractivity contribution in [3.63, 3.8) is 0 Å². The second-order valence-corrected chi connectivity index (χ2v) is 2.75. The molecular weight excluding hydrogens is 247 g/mol. The first-order chi connectivity index (χ1) is 6.16. The van der Waals surface area contributed by atoms with E-state index in [9.17, 15) is 14.5 Å². The van der Waals surface area contributed by atoms with Crippen molar-refractivity contribution in [1.82, 2.24) is 4.98 Å². The second kappa shape index (κ2) is 4.13. The SMILES string of the molecule is O=[N+]([O-])c1ccnc(OCF)c1Br. The lowest BCUT2D eigenvalue weighted by atomic mass is 10.4. The number of aromatic nitrogens is 1. The van der Waals surface area contributed by atoms with Crippen LogP contribution in [0.15, 0.2) is 16.7 Å². The number of nitro groups is 1. The van der Waals surface area contributed by atoms with E-state index in [1.54, 1.807) is 0 Å². The maximum absolute atomic E-state index is 11.7. The van der Waals surface area contributed by atoms with Gasteiger partial charge in [-0.1, -0.05) is 0 Å². The summed E-state index contributed by atoms with van der Waals surface area (Å²) < 4.78 is 16.2. The summed E-state index contributed by atoms with van der Waals surface area (Å²) in [6.07, 6.45) is 1.17. The molecule has 0 aliphatic carbocycles. The normalized spacial score (nSPS) is 9.69. The van der Waals surface area contributed by atoms with Crippen LogP contribution in [-0.4, -0.2) is 16.8 Å². The minimum absolute atomic E-state index is 0.0395. The van der Waals surface area contributed by atoms with Crippen LogP contribution in [0, 0.1) is 10.1 Å². The molecule has 7 heteroatoms. The summed E-state index contributed by atoms with van der Waals surface area (Å²) >= 11 is 2.89. The summed E-state index contributed by atoms with van der Waals surface area (Å²) in [6, 6.07) is 1.19. The van der Waals surface area contributed by atoms with E-state index in [-0.39, 0.29) is 16.0 Å². The lowest BCUT2D eigenvalue weighted by Gasteiger charge is -2.01. The zero-order chi connectivity index (χ0) is 9.84. The van der Waals surface area contributed by atoms with Crippen molar-refractivity contribution in [3.05, 3.63) is 26.9 Å². The molecule has 13 heavy (non-hydrogen) atoms. The predicted molar refractivity (Wildman–Crippen MR) is 45.2 cm³/mol. The molecule has 0 amide bonds. The quantitative estimate of drug-likeness (QED) is 0.609. The average Bonchev–Trinajstić information content (AvgIpc) is 2.08. The van der Waals surface area contributed by atoms with Crippen LogP contribution in [0.2, 0.25) is 0 Å². The number of nitrogens with zero attached hydrogens (tertiary/aromatic N) is 2. The molecule has 5 nitrogen and oxygen atoms in total. The third kappa shape index (κ3) is 2.11. The Morgan fingerprint density at radius 1 is 1.77 bits per heavy atom. The Kier molecular flexibility index (Phi) is 3.13. The van der Waals surface area contributed by atoms with Gasteiger partial charge in [0.25, 0.3) is 5.69 Å². The monoisotopic (exact) mass is 250 g/mol. The Morgan fingerprint density at radius 2 is 2.46 bits per heavy atom. The van der Waals surface area contributed by atoms with Crippen LogP contribution >= 0.6 is 15.9 Å². The number of alkyl halides is 1. The first kappa shape index (κ1) is 9.85. The van der Waals surface area contributed by atoms with E-state index >= 15 is 0 Å². The fraction of sp³-hybridized carbons (Fsp3) is 0.167. The standard InChI is InChI=1S/C6H4BrFN2O3/c7-5-4(10(11)12)1-2-9-6(5)13-3-8/h1-2H,3H2. The van der Waals surface area contributed by atoms with Crippen LogP contribution in [0.3, 0.4) is 0 Å². The number of pyridine rings is 1. The van der Waals surface area contributed by atoms with Crippen molar-refractivity contribution in [2.75, 3.05) is 6.86 Å². The molecule has 0 radical (unpaired) electrons. The smallest absolute Gasteiger partial charge is 0.290 e. The molecule has 0 aliphatic heterocycles. The van der Waals surface area contributed by atoms with Crippen molar-refractivity contribution in [3.8, 4) is 5.88 Å². The van der Waals surface area contributed by atoms with Gasteiger partial charge in [-0.15, -0.1) is 0 Å². The summed E-state index contributed by atoms with van der Waals surface area (Å²) in [7, 11) is 0. The maximum Gasteiger partial charge on any atom is 0.290 e. The van der Waals surface area contributed by atoms with Crippen molar-refractivity contribution >= 4 is 21.6 Å². The Bertz CT molecular complexity index is 334. The van der Waals surface area contributed by atoms with Gasteiger partial charge in [-0.25, -0.2) is 9.37 Å². The van der Waals surface area contributed by atoms with Gasteiger partial charge in [-0.05, 0) is 15.9 Å². The molecule has 0 N–H and O–H groups in total. The molecule has 0 atom stereocenters. The van der Waals surface area contributed by atoms with E-state index in [1.807, 2.05) is 0 Å². The van der Waals surface area contributed by atoms with Crippen LogP contribution in [0.4, 0.5) is 10.1 Å². The van der Waals surface area contributed by atoms with Gasteiger partial charge in [-0.3, -0.25) is 10.1 Å². The molecule has 0 aromatic carbocycles. The Hall–Kier alpha value is -1.24. The van der Waals surface area contributed by atoms with E-state index in [2.05, 4.69) is 25.7 Å². The van der Waals surface area contributed by atoms with Crippen LogP contribution in [0.1, 0.15) is 0 Å². The Morgan fingerprint density at radius 3 is 3.00 bits per heavy atom. The third-order valence-electron chi connectivity index (χ3n) is 1.22. The molecule has 0 saturated heterocycles. The van der Waals surface area contributed by atoms with E-state index in [0.717, 1.165) is 0 Å². The summed E-state index contributed by atoms with van der Waals surface area (Å²) in [5, 5.41) is 10.4. The molecule has 0 unspecified atom stereocenters. The molecule has 1 aromatic heterocycles. The van der Waals surface area contributed by atoms with Gasteiger partial charge in [0.05, 0.1) is 4.92 Å². The predicted octanol–water partition coefficient (Wildman–Crippen LogP) is 2.06. The van der Waals surface area contributed by atoms with E-state index in [4.69, 9.17) is 0 Å². The Labute approximate surface area is 80.8 Å². The van der Waals surface area contributed by atoms with Crippen molar-refractivity contribution in [2.24, 2.45) is 0 Å². The van der Waals surface area contributed by atoms with Crippen LogP contribution in [0.5, 0.6) is 5.88 Å². The molecule has 70 valence electrons. The molecule has 0 spiro atoms. The molecular formula is C6H4BrFN2O3. The van der Waals surface area contributed by atoms with Gasteiger partial charge in [0.1, 0.15) is 0 Å². The minimum Gasteiger partial charge on any atom is -0.445 e. The van der Waals surface area contributed by atoms with Gasteiger partial charge in [0.2, 0.25) is 12.7 Å². The fourth-order valence-electron chi connectivity index (χ4n) is 0.708. The van der Waals surface area contributed by atoms with Crippen molar-refractivity contribution in [1.29, 1.82) is 0 Å². The first-order valence-corrected chi connectivity index (χ1v) is 3.93. The fourth-order valence-corrected chi connectivity index (χ4v) is 1.20. The topological polar surface area (TPSA) is 65.3 Å². The summed E-state index contributed by atoms with van der Waals surface area (Å²) in [5.41, 5.74) is -0.210.